The van der Waals surface area contributed by atoms with Crippen molar-refractivity contribution in [3.8, 4) is 0 Å². The smallest absolute Gasteiger partial charge is 0.382 e. The second-order valence-electron chi connectivity index (χ2n) is 2.66. The zero-order valence-electron chi connectivity index (χ0n) is 8.41. The minimum Gasteiger partial charge on any atom is -0.382 e. The first kappa shape index (κ1) is 15.2. The fourth-order valence-corrected chi connectivity index (χ4v) is 1.10. The molecular weight excluding hydrogens is 253 g/mol. The van der Waals surface area contributed by atoms with Crippen LogP contribution in [0.15, 0.2) is 0 Å². The Morgan fingerprint density at radius 1 is 1.31 bits per heavy atom. The number of ether oxygens (including phenoxy) is 1. The maximum atomic E-state index is 11.7. The summed E-state index contributed by atoms with van der Waals surface area (Å²) in [5.74, 6) is -1.45. The van der Waals surface area contributed by atoms with Gasteiger partial charge in [0.05, 0.1) is 0 Å². The van der Waals surface area contributed by atoms with E-state index < -0.39 is 28.0 Å². The number of rotatable bonds is 6. The number of hydrogen-bond acceptors (Lipinski definition) is 5. The average molecular weight is 264 g/mol. The van der Waals surface area contributed by atoms with Crippen LogP contribution in [-0.2, 0) is 23.8 Å². The summed E-state index contributed by atoms with van der Waals surface area (Å²) >= 11 is 0. The van der Waals surface area contributed by atoms with Crippen molar-refractivity contribution in [2.24, 2.45) is 0 Å². The van der Waals surface area contributed by atoms with E-state index >= 15 is 0 Å². The molecule has 0 aromatic heterocycles. The molecule has 0 N–H and O–H groups in total. The first-order valence-electron chi connectivity index (χ1n) is 4.32. The molecule has 0 rings (SSSR count). The molecule has 0 saturated heterocycles. The molecule has 0 spiro atoms. The third kappa shape index (κ3) is 5.31. The molecule has 0 fully saturated rings. The zero-order valence-corrected chi connectivity index (χ0v) is 9.23. The lowest BCUT2D eigenvalue weighted by atomic mass is 10.3. The van der Waals surface area contributed by atoms with Crippen LogP contribution in [0.4, 0.5) is 13.2 Å². The van der Waals surface area contributed by atoms with Gasteiger partial charge in [-0.2, -0.15) is 21.6 Å². The van der Waals surface area contributed by atoms with Gasteiger partial charge in [0.25, 0.3) is 0 Å². The Balaban J connectivity index is 4.07. The summed E-state index contributed by atoms with van der Waals surface area (Å²) in [6.45, 7) is 2.25. The second-order valence-corrected chi connectivity index (χ2v) is 4.19. The molecule has 0 aliphatic carbocycles. The summed E-state index contributed by atoms with van der Waals surface area (Å²) in [7, 11) is -5.83. The van der Waals surface area contributed by atoms with Crippen LogP contribution in [0.5, 0.6) is 0 Å². The van der Waals surface area contributed by atoms with E-state index in [1.54, 1.807) is 6.92 Å². The van der Waals surface area contributed by atoms with Crippen LogP contribution >= 0.6 is 0 Å². The lowest BCUT2D eigenvalue weighted by molar-refractivity contribution is -0.136. The number of carbonyl (C=O) groups is 1. The Hall–Kier alpha value is -0.830. The van der Waals surface area contributed by atoms with Gasteiger partial charge in [-0.15, -0.1) is 0 Å². The first-order chi connectivity index (χ1) is 7.20. The van der Waals surface area contributed by atoms with E-state index in [1.807, 2.05) is 0 Å². The Bertz CT molecular complexity index is 321. The van der Waals surface area contributed by atoms with Gasteiger partial charge in [0.2, 0.25) is 0 Å². The molecule has 0 atom stereocenters. The van der Waals surface area contributed by atoms with Gasteiger partial charge in [0.1, 0.15) is 0 Å². The first-order valence-corrected chi connectivity index (χ1v) is 5.73. The van der Waals surface area contributed by atoms with Gasteiger partial charge in [-0.3, -0.25) is 4.79 Å². The summed E-state index contributed by atoms with van der Waals surface area (Å²) in [4.78, 5) is 10.7. The van der Waals surface area contributed by atoms with Crippen molar-refractivity contribution in [3.63, 3.8) is 0 Å². The fraction of sp³-hybridized carbons (Fsp3) is 0.857. The molecule has 0 aromatic carbocycles. The zero-order chi connectivity index (χ0) is 12.8. The molecule has 0 unspecified atom stereocenters. The van der Waals surface area contributed by atoms with E-state index in [9.17, 15) is 26.4 Å². The predicted octanol–water partition coefficient (Wildman–Crippen LogP) is 1.20. The molecule has 96 valence electrons. The largest absolute Gasteiger partial charge is 0.534 e. The minimum absolute atomic E-state index is 0.0973. The Morgan fingerprint density at radius 2 is 1.88 bits per heavy atom. The van der Waals surface area contributed by atoms with Crippen LogP contribution in [0.1, 0.15) is 19.8 Å². The van der Waals surface area contributed by atoms with Gasteiger partial charge in [0, 0.05) is 19.6 Å². The molecule has 0 saturated carbocycles. The van der Waals surface area contributed by atoms with Gasteiger partial charge in [-0.05, 0) is 13.3 Å². The molecule has 0 aliphatic rings. The Morgan fingerprint density at radius 3 is 2.31 bits per heavy atom. The van der Waals surface area contributed by atoms with Crippen LogP contribution in [-0.4, -0.2) is 33.1 Å². The lowest BCUT2D eigenvalue weighted by Crippen LogP contribution is -2.28. The Labute approximate surface area is 90.6 Å². The van der Waals surface area contributed by atoms with Gasteiger partial charge in [0.15, 0.2) is 0 Å². The maximum Gasteiger partial charge on any atom is 0.534 e. The molecule has 0 aromatic rings. The summed E-state index contributed by atoms with van der Waals surface area (Å²) in [6.07, 6.45) is -0.352. The van der Waals surface area contributed by atoms with E-state index in [-0.39, 0.29) is 13.0 Å². The van der Waals surface area contributed by atoms with Crippen molar-refractivity contribution < 1.29 is 35.3 Å². The number of alkyl halides is 3. The van der Waals surface area contributed by atoms with Crippen LogP contribution in [0, 0.1) is 0 Å². The number of carbonyl (C=O) groups excluding carboxylic acids is 1. The molecule has 0 aliphatic heterocycles. The van der Waals surface area contributed by atoms with Crippen LogP contribution < -0.4 is 0 Å². The SMILES string of the molecule is CCOCCCC(=O)OS(=O)(=O)C(F)(F)F. The molecular formula is C7H11F3O5S. The summed E-state index contributed by atoms with van der Waals surface area (Å²) < 4.78 is 64.1. The van der Waals surface area contributed by atoms with Crippen LogP contribution in [0.2, 0.25) is 0 Å². The highest BCUT2D eigenvalue weighted by molar-refractivity contribution is 7.88. The molecule has 9 heteroatoms. The van der Waals surface area contributed by atoms with E-state index in [1.165, 1.54) is 0 Å². The highest BCUT2D eigenvalue weighted by Crippen LogP contribution is 2.24. The lowest BCUT2D eigenvalue weighted by Gasteiger charge is -2.07. The van der Waals surface area contributed by atoms with Crippen LogP contribution in [0.25, 0.3) is 0 Å². The van der Waals surface area contributed by atoms with E-state index in [2.05, 4.69) is 4.18 Å². The van der Waals surface area contributed by atoms with Crippen molar-refractivity contribution in [1.29, 1.82) is 0 Å². The van der Waals surface area contributed by atoms with Gasteiger partial charge >= 0.3 is 21.6 Å². The Kier molecular flexibility index (Phi) is 5.73. The van der Waals surface area contributed by atoms with E-state index in [0.29, 0.717) is 6.61 Å². The normalized spacial score (nSPS) is 12.5. The van der Waals surface area contributed by atoms with Crippen molar-refractivity contribution in [3.05, 3.63) is 0 Å². The third-order valence-corrected chi connectivity index (χ3v) is 2.33. The van der Waals surface area contributed by atoms with Crippen molar-refractivity contribution in [2.45, 2.75) is 25.3 Å². The number of hydrogen-bond donors (Lipinski definition) is 0. The highest BCUT2D eigenvalue weighted by atomic mass is 32.2. The quantitative estimate of drug-likeness (QED) is 0.409. The van der Waals surface area contributed by atoms with Gasteiger partial charge in [-0.1, -0.05) is 0 Å². The molecule has 16 heavy (non-hydrogen) atoms. The third-order valence-electron chi connectivity index (χ3n) is 1.36. The maximum absolute atomic E-state index is 11.7. The van der Waals surface area contributed by atoms with E-state index in [0.717, 1.165) is 0 Å². The van der Waals surface area contributed by atoms with Gasteiger partial charge < -0.3 is 8.92 Å². The summed E-state index contributed by atoms with van der Waals surface area (Å²) in [5, 5.41) is 0. The minimum atomic E-state index is -5.83. The van der Waals surface area contributed by atoms with Crippen molar-refractivity contribution >= 4 is 16.1 Å². The number of halogens is 3. The molecule has 5 nitrogen and oxygen atoms in total. The summed E-state index contributed by atoms with van der Waals surface area (Å²) in [6, 6.07) is 0. The topological polar surface area (TPSA) is 69.7 Å². The van der Waals surface area contributed by atoms with Crippen molar-refractivity contribution in [1.82, 2.24) is 0 Å². The molecule has 0 heterocycles. The molecule has 0 amide bonds. The predicted molar refractivity (Wildman–Crippen MR) is 46.8 cm³/mol. The van der Waals surface area contributed by atoms with Crippen molar-refractivity contribution in [2.75, 3.05) is 13.2 Å². The van der Waals surface area contributed by atoms with Gasteiger partial charge in [-0.25, -0.2) is 0 Å². The fourth-order valence-electron chi connectivity index (χ4n) is 0.674. The summed E-state index contributed by atoms with van der Waals surface area (Å²) in [5.41, 5.74) is -5.58. The van der Waals surface area contributed by atoms with E-state index in [4.69, 9.17) is 4.74 Å². The standard InChI is InChI=1S/C7H11F3O5S/c1-2-14-5-3-4-6(11)15-16(12,13)7(8,9)10/h2-5H2,1H3. The highest BCUT2D eigenvalue weighted by Gasteiger charge is 2.49. The van der Waals surface area contributed by atoms with Crippen LogP contribution in [0.3, 0.4) is 0 Å². The molecule has 0 bridgehead atoms. The monoisotopic (exact) mass is 264 g/mol. The second kappa shape index (κ2) is 6.04. The average Bonchev–Trinajstić information content (AvgIpc) is 2.10. The molecule has 0 radical (unpaired) electrons.